The maximum Gasteiger partial charge on any atom is 0.255 e. The van der Waals surface area contributed by atoms with Crippen LogP contribution >= 0.6 is 15.9 Å². The van der Waals surface area contributed by atoms with E-state index in [4.69, 9.17) is 0 Å². The van der Waals surface area contributed by atoms with Crippen molar-refractivity contribution in [1.29, 1.82) is 0 Å². The van der Waals surface area contributed by atoms with Gasteiger partial charge in [-0.15, -0.1) is 0 Å². The molecule has 6 heteroatoms. The molecule has 138 valence electrons. The topological polar surface area (TPSA) is 66.5 Å². The smallest absolute Gasteiger partial charge is 0.255 e. The molecule has 0 spiro atoms. The molecule has 1 heterocycles. The quantitative estimate of drug-likeness (QED) is 0.740. The molecule has 1 N–H and O–H groups in total. The second-order valence-corrected chi connectivity index (χ2v) is 7.93. The van der Waals surface area contributed by atoms with Gasteiger partial charge in [0.15, 0.2) is 0 Å². The van der Waals surface area contributed by atoms with Crippen LogP contribution in [-0.2, 0) is 9.59 Å². The molecule has 1 saturated carbocycles. The molecule has 4 rings (SSSR count). The number of anilines is 2. The van der Waals surface area contributed by atoms with E-state index >= 15 is 0 Å². The van der Waals surface area contributed by atoms with Gasteiger partial charge < -0.3 is 5.32 Å². The minimum atomic E-state index is -0.239. The summed E-state index contributed by atoms with van der Waals surface area (Å²) < 4.78 is 0.936. The highest BCUT2D eigenvalue weighted by molar-refractivity contribution is 9.10. The standard InChI is InChI=1S/C21H19BrN2O3/c22-14-7-9-15(10-8-14)23-19(25)13-5-11-16(12-6-13)24-20(26)17-3-1-2-4-18(17)21(24)27/h5-12,17-18H,1-4H2,(H,23,25)/t17-,18+. The van der Waals surface area contributed by atoms with E-state index < -0.39 is 0 Å². The summed E-state index contributed by atoms with van der Waals surface area (Å²) in [4.78, 5) is 39.0. The molecule has 2 aromatic carbocycles. The van der Waals surface area contributed by atoms with E-state index in [0.717, 1.165) is 30.2 Å². The lowest BCUT2D eigenvalue weighted by Gasteiger charge is -2.19. The van der Waals surface area contributed by atoms with E-state index in [1.807, 2.05) is 12.1 Å². The molecule has 1 aliphatic carbocycles. The summed E-state index contributed by atoms with van der Waals surface area (Å²) in [7, 11) is 0. The van der Waals surface area contributed by atoms with E-state index in [1.54, 1.807) is 36.4 Å². The van der Waals surface area contributed by atoms with E-state index in [9.17, 15) is 14.4 Å². The summed E-state index contributed by atoms with van der Waals surface area (Å²) in [5.74, 6) is -0.789. The normalized spacial score (nSPS) is 21.9. The highest BCUT2D eigenvalue weighted by Crippen LogP contribution is 2.40. The average molecular weight is 427 g/mol. The Kier molecular flexibility index (Phi) is 4.83. The van der Waals surface area contributed by atoms with Gasteiger partial charge in [0, 0.05) is 15.7 Å². The third-order valence-corrected chi connectivity index (χ3v) is 5.86. The Morgan fingerprint density at radius 2 is 1.44 bits per heavy atom. The molecule has 27 heavy (non-hydrogen) atoms. The Balaban J connectivity index is 1.50. The Bertz CT molecular complexity index is 869. The zero-order valence-corrected chi connectivity index (χ0v) is 16.2. The van der Waals surface area contributed by atoms with Crippen molar-refractivity contribution in [2.45, 2.75) is 25.7 Å². The first kappa shape index (κ1) is 17.9. The molecule has 3 amide bonds. The van der Waals surface area contributed by atoms with Crippen LogP contribution in [0.5, 0.6) is 0 Å². The molecule has 2 aliphatic rings. The van der Waals surface area contributed by atoms with Gasteiger partial charge in [0.2, 0.25) is 11.8 Å². The van der Waals surface area contributed by atoms with Gasteiger partial charge in [0.25, 0.3) is 5.91 Å². The Morgan fingerprint density at radius 3 is 2.00 bits per heavy atom. The molecule has 1 saturated heterocycles. The van der Waals surface area contributed by atoms with Crippen LogP contribution in [0.25, 0.3) is 0 Å². The second kappa shape index (κ2) is 7.27. The molecule has 2 atom stereocenters. The zero-order chi connectivity index (χ0) is 19.0. The minimum absolute atomic E-state index is 0.100. The molecule has 1 aliphatic heterocycles. The van der Waals surface area contributed by atoms with Gasteiger partial charge in [0.05, 0.1) is 17.5 Å². The largest absolute Gasteiger partial charge is 0.322 e. The number of halogens is 1. The summed E-state index contributed by atoms with van der Waals surface area (Å²) in [6.45, 7) is 0. The molecular weight excluding hydrogens is 408 g/mol. The second-order valence-electron chi connectivity index (χ2n) is 7.02. The molecule has 0 unspecified atom stereocenters. The highest BCUT2D eigenvalue weighted by Gasteiger charge is 2.48. The van der Waals surface area contributed by atoms with Crippen molar-refractivity contribution in [1.82, 2.24) is 0 Å². The maximum absolute atomic E-state index is 12.7. The Morgan fingerprint density at radius 1 is 0.889 bits per heavy atom. The summed E-state index contributed by atoms with van der Waals surface area (Å²) >= 11 is 3.36. The van der Waals surface area contributed by atoms with E-state index in [2.05, 4.69) is 21.2 Å². The van der Waals surface area contributed by atoms with Gasteiger partial charge in [-0.1, -0.05) is 28.8 Å². The molecule has 0 radical (unpaired) electrons. The maximum atomic E-state index is 12.7. The first-order valence-corrected chi connectivity index (χ1v) is 9.89. The molecule has 5 nitrogen and oxygen atoms in total. The summed E-state index contributed by atoms with van der Waals surface area (Å²) in [6.07, 6.45) is 3.59. The van der Waals surface area contributed by atoms with Gasteiger partial charge in [-0.25, -0.2) is 0 Å². The van der Waals surface area contributed by atoms with Gasteiger partial charge in [0.1, 0.15) is 0 Å². The van der Waals surface area contributed by atoms with Crippen molar-refractivity contribution >= 4 is 45.0 Å². The van der Waals surface area contributed by atoms with Crippen molar-refractivity contribution in [2.75, 3.05) is 10.2 Å². The van der Waals surface area contributed by atoms with Crippen LogP contribution in [0.1, 0.15) is 36.0 Å². The average Bonchev–Trinajstić information content (AvgIpc) is 2.95. The summed E-state index contributed by atoms with van der Waals surface area (Å²) in [5.41, 5.74) is 1.71. The third-order valence-electron chi connectivity index (χ3n) is 5.33. The number of carbonyl (C=O) groups is 3. The van der Waals surface area contributed by atoms with Gasteiger partial charge >= 0.3 is 0 Å². The molecule has 2 aromatic rings. The minimum Gasteiger partial charge on any atom is -0.322 e. The van der Waals surface area contributed by atoms with Crippen LogP contribution in [0.2, 0.25) is 0 Å². The van der Waals surface area contributed by atoms with E-state index in [1.165, 1.54) is 4.90 Å². The SMILES string of the molecule is O=C(Nc1ccc(Br)cc1)c1ccc(N2C(=O)[C@H]3CCCC[C@H]3C2=O)cc1. The van der Waals surface area contributed by atoms with Crippen molar-refractivity contribution in [3.05, 3.63) is 58.6 Å². The van der Waals surface area contributed by atoms with E-state index in [0.29, 0.717) is 16.9 Å². The fraction of sp³-hybridized carbons (Fsp3) is 0.286. The molecule has 0 bridgehead atoms. The molecule has 2 fully saturated rings. The first-order valence-electron chi connectivity index (χ1n) is 9.09. The summed E-state index contributed by atoms with van der Waals surface area (Å²) in [5, 5.41) is 2.83. The van der Waals surface area contributed by atoms with Crippen LogP contribution in [-0.4, -0.2) is 17.7 Å². The van der Waals surface area contributed by atoms with Crippen LogP contribution in [0.15, 0.2) is 53.0 Å². The number of carbonyl (C=O) groups excluding carboxylic acids is 3. The number of fused-ring (bicyclic) bond motifs is 1. The predicted octanol–water partition coefficient (Wildman–Crippen LogP) is 4.38. The van der Waals surface area contributed by atoms with Crippen LogP contribution in [0.4, 0.5) is 11.4 Å². The number of nitrogens with zero attached hydrogens (tertiary/aromatic N) is 1. The first-order chi connectivity index (χ1) is 13.0. The van der Waals surface area contributed by atoms with Crippen LogP contribution in [0, 0.1) is 11.8 Å². The Labute approximate surface area is 165 Å². The lowest BCUT2D eigenvalue weighted by molar-refractivity contribution is -0.122. The molecular formula is C21H19BrN2O3. The number of amides is 3. The third kappa shape index (κ3) is 3.41. The van der Waals surface area contributed by atoms with Crippen molar-refractivity contribution in [3.8, 4) is 0 Å². The van der Waals surface area contributed by atoms with Crippen LogP contribution in [0.3, 0.4) is 0 Å². The highest BCUT2D eigenvalue weighted by atomic mass is 79.9. The van der Waals surface area contributed by atoms with Crippen molar-refractivity contribution in [3.63, 3.8) is 0 Å². The monoisotopic (exact) mass is 426 g/mol. The number of hydrogen-bond donors (Lipinski definition) is 1. The lowest BCUT2D eigenvalue weighted by atomic mass is 9.81. The Hall–Kier alpha value is -2.47. The van der Waals surface area contributed by atoms with Crippen molar-refractivity contribution < 1.29 is 14.4 Å². The number of hydrogen-bond acceptors (Lipinski definition) is 3. The van der Waals surface area contributed by atoms with Crippen molar-refractivity contribution in [2.24, 2.45) is 11.8 Å². The fourth-order valence-corrected chi connectivity index (χ4v) is 4.18. The predicted molar refractivity (Wildman–Crippen MR) is 106 cm³/mol. The van der Waals surface area contributed by atoms with Crippen LogP contribution < -0.4 is 10.2 Å². The van der Waals surface area contributed by atoms with Gasteiger partial charge in [-0.05, 0) is 61.4 Å². The lowest BCUT2D eigenvalue weighted by Crippen LogP contribution is -2.30. The van der Waals surface area contributed by atoms with Gasteiger partial charge in [-0.3, -0.25) is 19.3 Å². The number of imide groups is 1. The fourth-order valence-electron chi connectivity index (χ4n) is 3.92. The van der Waals surface area contributed by atoms with E-state index in [-0.39, 0.29) is 29.6 Å². The van der Waals surface area contributed by atoms with Gasteiger partial charge in [-0.2, -0.15) is 0 Å². The number of benzene rings is 2. The number of nitrogens with one attached hydrogen (secondary N) is 1. The summed E-state index contributed by atoms with van der Waals surface area (Å²) in [6, 6.07) is 13.9. The number of rotatable bonds is 3. The molecule has 0 aromatic heterocycles. The zero-order valence-electron chi connectivity index (χ0n) is 14.7.